The lowest BCUT2D eigenvalue weighted by Gasteiger charge is -2.38. The average molecular weight is 386 g/mol. The van der Waals surface area contributed by atoms with Crippen molar-refractivity contribution in [1.29, 1.82) is 0 Å². The van der Waals surface area contributed by atoms with Crippen molar-refractivity contribution in [2.45, 2.75) is 12.3 Å². The van der Waals surface area contributed by atoms with Crippen LogP contribution in [0.4, 0.5) is 24.5 Å². The van der Waals surface area contributed by atoms with Crippen LogP contribution in [0, 0.1) is 10.1 Å². The first-order valence-corrected chi connectivity index (χ1v) is 7.72. The summed E-state index contributed by atoms with van der Waals surface area (Å²) in [7, 11) is 0. The van der Waals surface area contributed by atoms with Crippen molar-refractivity contribution in [3.8, 4) is 0 Å². The van der Waals surface area contributed by atoms with Crippen molar-refractivity contribution < 1.29 is 22.9 Å². The van der Waals surface area contributed by atoms with Crippen LogP contribution in [0.2, 0.25) is 5.02 Å². The second-order valence-corrected chi connectivity index (χ2v) is 6.02. The molecule has 1 N–H and O–H groups in total. The zero-order valence-corrected chi connectivity index (χ0v) is 13.7. The molecule has 0 bridgehead atoms. The Morgan fingerprint density at radius 3 is 2.58 bits per heavy atom. The van der Waals surface area contributed by atoms with Gasteiger partial charge in [-0.05, 0) is 18.2 Å². The lowest BCUT2D eigenvalue weighted by Crippen LogP contribution is -2.47. The van der Waals surface area contributed by atoms with Gasteiger partial charge in [0.25, 0.3) is 11.6 Å². The van der Waals surface area contributed by atoms with Crippen molar-refractivity contribution in [2.24, 2.45) is 0 Å². The van der Waals surface area contributed by atoms with Crippen molar-refractivity contribution in [1.82, 2.24) is 4.90 Å². The number of halogens is 4. The summed E-state index contributed by atoms with van der Waals surface area (Å²) in [6, 6.07) is 9.75. The molecule has 0 spiro atoms. The standard InChI is InChI=1S/C16H11ClF3N3O3/c17-11-6-5-9(7-13(11)23(25)26)14-21-12-4-2-1-3-10(12)15(24)22(14)8-16(18,19)20/h1-7,14,21H,8H2/t14-/m0/s1. The summed E-state index contributed by atoms with van der Waals surface area (Å²) < 4.78 is 39.0. The van der Waals surface area contributed by atoms with Crippen molar-refractivity contribution in [3.63, 3.8) is 0 Å². The number of carbonyl (C=O) groups is 1. The molecule has 6 nitrogen and oxygen atoms in total. The summed E-state index contributed by atoms with van der Waals surface area (Å²) in [5.41, 5.74) is 0.104. The van der Waals surface area contributed by atoms with E-state index < -0.39 is 35.4 Å². The number of hydrogen-bond acceptors (Lipinski definition) is 4. The Morgan fingerprint density at radius 2 is 1.92 bits per heavy atom. The smallest absolute Gasteiger partial charge is 0.361 e. The first kappa shape index (κ1) is 18.0. The molecular weight excluding hydrogens is 375 g/mol. The van der Waals surface area contributed by atoms with E-state index >= 15 is 0 Å². The summed E-state index contributed by atoms with van der Waals surface area (Å²) >= 11 is 5.76. The largest absolute Gasteiger partial charge is 0.406 e. The minimum Gasteiger partial charge on any atom is -0.361 e. The van der Waals surface area contributed by atoms with Crippen molar-refractivity contribution in [3.05, 3.63) is 68.7 Å². The quantitative estimate of drug-likeness (QED) is 0.628. The summed E-state index contributed by atoms with van der Waals surface area (Å²) in [4.78, 5) is 23.5. The second kappa shape index (κ2) is 6.49. The lowest BCUT2D eigenvalue weighted by atomic mass is 10.0. The zero-order chi connectivity index (χ0) is 19.1. The maximum atomic E-state index is 13.0. The van der Waals surface area contributed by atoms with Gasteiger partial charge in [0.2, 0.25) is 0 Å². The highest BCUT2D eigenvalue weighted by Gasteiger charge is 2.41. The van der Waals surface area contributed by atoms with Gasteiger partial charge in [0, 0.05) is 17.3 Å². The van der Waals surface area contributed by atoms with E-state index in [2.05, 4.69) is 5.32 Å². The summed E-state index contributed by atoms with van der Waals surface area (Å²) in [6.45, 7) is -1.51. The molecule has 1 atom stereocenters. The fourth-order valence-electron chi connectivity index (χ4n) is 2.75. The van der Waals surface area contributed by atoms with E-state index in [1.807, 2.05) is 0 Å². The van der Waals surface area contributed by atoms with Crippen LogP contribution in [0.15, 0.2) is 42.5 Å². The third-order valence-corrected chi connectivity index (χ3v) is 4.17. The van der Waals surface area contributed by atoms with Crippen molar-refractivity contribution >= 4 is 28.9 Å². The Labute approximate surface area is 150 Å². The highest BCUT2D eigenvalue weighted by molar-refractivity contribution is 6.32. The number of amides is 1. The molecule has 26 heavy (non-hydrogen) atoms. The Morgan fingerprint density at radius 1 is 1.23 bits per heavy atom. The Kier molecular flexibility index (Phi) is 4.49. The molecule has 1 amide bonds. The predicted octanol–water partition coefficient (Wildman–Crippen LogP) is 4.38. The molecule has 0 saturated carbocycles. The van der Waals surface area contributed by atoms with Gasteiger partial charge in [0.05, 0.1) is 10.5 Å². The van der Waals surface area contributed by atoms with E-state index in [0.29, 0.717) is 10.6 Å². The molecule has 0 unspecified atom stereocenters. The van der Waals surface area contributed by atoms with Crippen LogP contribution < -0.4 is 5.32 Å². The molecule has 1 aliphatic rings. The fraction of sp³-hybridized carbons (Fsp3) is 0.188. The number of nitro benzene ring substituents is 1. The Balaban J connectivity index is 2.09. The summed E-state index contributed by atoms with van der Waals surface area (Å²) in [5.74, 6) is -0.820. The van der Waals surface area contributed by atoms with Gasteiger partial charge in [-0.25, -0.2) is 0 Å². The van der Waals surface area contributed by atoms with Gasteiger partial charge >= 0.3 is 6.18 Å². The van der Waals surface area contributed by atoms with Gasteiger partial charge in [-0.2, -0.15) is 13.2 Å². The fourth-order valence-corrected chi connectivity index (χ4v) is 2.94. The van der Waals surface area contributed by atoms with Gasteiger partial charge in [0.1, 0.15) is 17.7 Å². The minimum absolute atomic E-state index is 0.0939. The van der Waals surface area contributed by atoms with Crippen LogP contribution in [0.25, 0.3) is 0 Å². The topological polar surface area (TPSA) is 75.5 Å². The molecule has 0 radical (unpaired) electrons. The van der Waals surface area contributed by atoms with Crippen LogP contribution in [0.3, 0.4) is 0 Å². The number of nitrogens with zero attached hydrogens (tertiary/aromatic N) is 2. The van der Waals surface area contributed by atoms with Gasteiger partial charge in [0.15, 0.2) is 0 Å². The Hall–Kier alpha value is -2.81. The van der Waals surface area contributed by atoms with Gasteiger partial charge in [-0.15, -0.1) is 0 Å². The monoisotopic (exact) mass is 385 g/mol. The number of alkyl halides is 3. The minimum atomic E-state index is -4.64. The van der Waals surface area contributed by atoms with Crippen LogP contribution >= 0.6 is 11.6 Å². The number of rotatable bonds is 3. The van der Waals surface area contributed by atoms with E-state index in [4.69, 9.17) is 11.6 Å². The molecule has 1 heterocycles. The van der Waals surface area contributed by atoms with E-state index in [0.717, 1.165) is 6.07 Å². The number of benzene rings is 2. The lowest BCUT2D eigenvalue weighted by molar-refractivity contribution is -0.384. The van der Waals surface area contributed by atoms with E-state index in [1.165, 1.54) is 24.3 Å². The summed E-state index contributed by atoms with van der Waals surface area (Å²) in [6.07, 6.45) is -5.87. The average Bonchev–Trinajstić information content (AvgIpc) is 2.56. The number of anilines is 1. The second-order valence-electron chi connectivity index (χ2n) is 5.61. The van der Waals surface area contributed by atoms with Crippen LogP contribution in [-0.2, 0) is 0 Å². The van der Waals surface area contributed by atoms with E-state index in [1.54, 1.807) is 12.1 Å². The number of para-hydroxylation sites is 1. The maximum Gasteiger partial charge on any atom is 0.406 e. The molecule has 136 valence electrons. The first-order chi connectivity index (χ1) is 12.2. The first-order valence-electron chi connectivity index (χ1n) is 7.34. The zero-order valence-electron chi connectivity index (χ0n) is 13.0. The van der Waals surface area contributed by atoms with E-state index in [9.17, 15) is 28.1 Å². The number of hydrogen-bond donors (Lipinski definition) is 1. The molecule has 0 fully saturated rings. The maximum absolute atomic E-state index is 13.0. The van der Waals surface area contributed by atoms with Crippen LogP contribution in [0.1, 0.15) is 22.1 Å². The molecule has 10 heteroatoms. The highest BCUT2D eigenvalue weighted by atomic mass is 35.5. The SMILES string of the molecule is O=C1c2ccccc2N[C@H](c2ccc(Cl)c([N+](=O)[O-])c2)N1CC(F)(F)F. The number of nitro groups is 1. The molecule has 3 rings (SSSR count). The molecule has 0 aromatic heterocycles. The Bertz CT molecular complexity index is 889. The predicted molar refractivity (Wildman–Crippen MR) is 88.0 cm³/mol. The number of carbonyl (C=O) groups excluding carboxylic acids is 1. The van der Waals surface area contributed by atoms with E-state index in [-0.39, 0.29) is 16.1 Å². The van der Waals surface area contributed by atoms with Crippen LogP contribution in [-0.4, -0.2) is 28.5 Å². The third-order valence-electron chi connectivity index (χ3n) is 3.85. The third kappa shape index (κ3) is 3.43. The van der Waals surface area contributed by atoms with Crippen LogP contribution in [0.5, 0.6) is 0 Å². The molecule has 2 aromatic rings. The molecular formula is C16H11ClF3N3O3. The number of nitrogens with one attached hydrogen (secondary N) is 1. The number of fused-ring (bicyclic) bond motifs is 1. The molecule has 0 saturated heterocycles. The van der Waals surface area contributed by atoms with Gasteiger partial charge in [-0.3, -0.25) is 14.9 Å². The van der Waals surface area contributed by atoms with Gasteiger partial charge < -0.3 is 10.2 Å². The van der Waals surface area contributed by atoms with Crippen molar-refractivity contribution in [2.75, 3.05) is 11.9 Å². The summed E-state index contributed by atoms with van der Waals surface area (Å²) in [5, 5.41) is 13.8. The highest BCUT2D eigenvalue weighted by Crippen LogP contribution is 2.37. The molecule has 1 aliphatic heterocycles. The molecule has 2 aromatic carbocycles. The van der Waals surface area contributed by atoms with Gasteiger partial charge in [-0.1, -0.05) is 29.8 Å². The molecule has 0 aliphatic carbocycles. The normalized spacial score (nSPS) is 16.8.